The molecule has 0 atom stereocenters. The molecule has 5 heavy (non-hydrogen) atoms. The molecule has 0 aliphatic rings. The first-order valence-corrected chi connectivity index (χ1v) is 0. The molecule has 0 aromatic rings. The van der Waals surface area contributed by atoms with Crippen LogP contribution >= 0.6 is 0 Å². The molecule has 0 bridgehead atoms. The van der Waals surface area contributed by atoms with E-state index >= 15 is 0 Å². The van der Waals surface area contributed by atoms with Crippen molar-refractivity contribution in [2.45, 2.75) is 0 Å². The van der Waals surface area contributed by atoms with Crippen LogP contribution in [0.1, 0.15) is 0 Å². The molecule has 0 heterocycles. The van der Waals surface area contributed by atoms with Gasteiger partial charge in [-0.3, -0.25) is 0 Å². The maximum Gasteiger partial charge on any atom is 3.00 e. The first-order chi connectivity index (χ1) is 0. The molecule has 0 aliphatic heterocycles. The zero-order chi connectivity index (χ0) is 0. The normalized spacial score (nSPS) is 0. The maximum absolute atomic E-state index is 0. The van der Waals surface area contributed by atoms with Gasteiger partial charge in [0.15, 0.2) is 0 Å². The standard InChI is InChI=1S/Cr.Fe.H2O.2O/h;;1H2;;/q+3;+2;;2*-2/p-1. The molecule has 3 nitrogen and oxygen atoms in total. The SMILES string of the molecule is [Cr+3].[Fe+2].[O-2].[O-2].[OH-]. The van der Waals surface area contributed by atoms with Crippen molar-refractivity contribution in [2.24, 2.45) is 0 Å². The summed E-state index contributed by atoms with van der Waals surface area (Å²) in [5, 5.41) is 0. The fourth-order valence-corrected chi connectivity index (χ4v) is 0. The molecule has 0 fully saturated rings. The molecule has 1 radical (unpaired) electrons. The second-order valence-electron chi connectivity index (χ2n) is 0. The molecule has 5 heteroatoms. The van der Waals surface area contributed by atoms with E-state index in [-0.39, 0.29) is 50.9 Å². The Bertz CT molecular complexity index is 6.85. The smallest absolute Gasteiger partial charge is 2.00 e. The quantitative estimate of drug-likeness (QED) is 0.439. The van der Waals surface area contributed by atoms with Crippen LogP contribution in [0.5, 0.6) is 0 Å². The third-order valence-corrected chi connectivity index (χ3v) is 0. The van der Waals surface area contributed by atoms with Crippen molar-refractivity contribution in [2.75, 3.05) is 0 Å². The van der Waals surface area contributed by atoms with Crippen LogP contribution in [0.4, 0.5) is 0 Å². The molecule has 0 rings (SSSR count). The van der Waals surface area contributed by atoms with Gasteiger partial charge < -0.3 is 16.4 Å². The van der Waals surface area contributed by atoms with Crippen LogP contribution in [-0.2, 0) is 45.4 Å². The minimum atomic E-state index is 0. The fourth-order valence-electron chi connectivity index (χ4n) is 0. The van der Waals surface area contributed by atoms with E-state index in [0.717, 1.165) is 0 Å². The summed E-state index contributed by atoms with van der Waals surface area (Å²) < 4.78 is 0. The molecule has 0 aromatic heterocycles. The van der Waals surface area contributed by atoms with Gasteiger partial charge in [-0.2, -0.15) is 0 Å². The Kier molecular flexibility index (Phi) is 2920. The Hall–Kier alpha value is 0.932. The van der Waals surface area contributed by atoms with Crippen molar-refractivity contribution < 1.29 is 50.9 Å². The van der Waals surface area contributed by atoms with Crippen LogP contribution in [0.2, 0.25) is 0 Å². The topological polar surface area (TPSA) is 87.0 Å². The summed E-state index contributed by atoms with van der Waals surface area (Å²) in [5.74, 6) is 0. The van der Waals surface area contributed by atoms with E-state index in [0.29, 0.717) is 0 Å². The van der Waals surface area contributed by atoms with Crippen molar-refractivity contribution in [1.29, 1.82) is 0 Å². The summed E-state index contributed by atoms with van der Waals surface area (Å²) in [7, 11) is 0. The summed E-state index contributed by atoms with van der Waals surface area (Å²) in [5.41, 5.74) is 0. The van der Waals surface area contributed by atoms with Gasteiger partial charge in [0.2, 0.25) is 0 Å². The van der Waals surface area contributed by atoms with Crippen molar-refractivity contribution in [3.63, 3.8) is 0 Å². The van der Waals surface area contributed by atoms with Gasteiger partial charge in [-0.1, -0.05) is 0 Å². The van der Waals surface area contributed by atoms with Crippen LogP contribution in [0.15, 0.2) is 0 Å². The summed E-state index contributed by atoms with van der Waals surface area (Å²) in [6.07, 6.45) is 0. The second-order valence-corrected chi connectivity index (χ2v) is 0. The summed E-state index contributed by atoms with van der Waals surface area (Å²) >= 11 is 0. The van der Waals surface area contributed by atoms with Gasteiger partial charge in [0.25, 0.3) is 0 Å². The second kappa shape index (κ2) is 87.8. The van der Waals surface area contributed by atoms with E-state index in [4.69, 9.17) is 0 Å². The number of hydrogen-bond acceptors (Lipinski definition) is 1. The Labute approximate surface area is 51.3 Å². The van der Waals surface area contributed by atoms with Crippen LogP contribution in [0, 0.1) is 0 Å². The Morgan fingerprint density at radius 1 is 0.800 bits per heavy atom. The molecular weight excluding hydrogens is 156 g/mol. The Balaban J connectivity index is 0. The van der Waals surface area contributed by atoms with Gasteiger partial charge in [-0.15, -0.1) is 0 Å². The van der Waals surface area contributed by atoms with Crippen LogP contribution in [0.3, 0.4) is 0 Å². The van der Waals surface area contributed by atoms with E-state index < -0.39 is 0 Å². The van der Waals surface area contributed by atoms with Gasteiger partial charge >= 0.3 is 34.4 Å². The van der Waals surface area contributed by atoms with Crippen molar-refractivity contribution in [1.82, 2.24) is 0 Å². The van der Waals surface area contributed by atoms with E-state index in [9.17, 15) is 0 Å². The van der Waals surface area contributed by atoms with E-state index in [1.165, 1.54) is 0 Å². The van der Waals surface area contributed by atoms with Gasteiger partial charge in [-0.05, 0) is 0 Å². The zero-order valence-corrected chi connectivity index (χ0v) is 4.40. The van der Waals surface area contributed by atoms with Gasteiger partial charge in [-0.25, -0.2) is 0 Å². The average molecular weight is 157 g/mol. The molecule has 0 saturated heterocycles. The zero-order valence-electron chi connectivity index (χ0n) is 2.03. The molecule has 0 spiro atoms. The molecule has 1 N–H and O–H groups in total. The molecule has 0 amide bonds. The Morgan fingerprint density at radius 2 is 0.800 bits per heavy atom. The predicted molar refractivity (Wildman–Crippen MR) is 3.31 cm³/mol. The van der Waals surface area contributed by atoms with Gasteiger partial charge in [0, 0.05) is 0 Å². The largest absolute Gasteiger partial charge is 3.00 e. The summed E-state index contributed by atoms with van der Waals surface area (Å²) in [6, 6.07) is 0. The first-order valence-electron chi connectivity index (χ1n) is 0. The van der Waals surface area contributed by atoms with Crippen molar-refractivity contribution >= 4 is 0 Å². The van der Waals surface area contributed by atoms with E-state index in [1.54, 1.807) is 0 Å². The average Bonchev–Trinajstić information content (AvgIpc) is 0. The summed E-state index contributed by atoms with van der Waals surface area (Å²) in [4.78, 5) is 0. The number of hydrogen-bond donors (Lipinski definition) is 0. The Morgan fingerprint density at radius 3 is 0.800 bits per heavy atom. The predicted octanol–water partition coefficient (Wildman–Crippen LogP) is -0.419. The van der Waals surface area contributed by atoms with Crippen molar-refractivity contribution in [3.05, 3.63) is 0 Å². The maximum atomic E-state index is 0. The van der Waals surface area contributed by atoms with Gasteiger partial charge in [0.05, 0.1) is 0 Å². The minimum absolute atomic E-state index is 0. The molecule has 0 saturated carbocycles. The van der Waals surface area contributed by atoms with Gasteiger partial charge in [0.1, 0.15) is 0 Å². The minimum Gasteiger partial charge on any atom is -2.00 e. The van der Waals surface area contributed by atoms with Crippen molar-refractivity contribution in [3.8, 4) is 0 Å². The molecule has 0 unspecified atom stereocenters. The van der Waals surface area contributed by atoms with Crippen LogP contribution in [0.25, 0.3) is 0 Å². The first kappa shape index (κ1) is 166. The molecular formula is HCrFeO3. The van der Waals surface area contributed by atoms with Crippen LogP contribution < -0.4 is 0 Å². The third kappa shape index (κ3) is 48.8. The monoisotopic (exact) mass is 157 g/mol. The summed E-state index contributed by atoms with van der Waals surface area (Å²) in [6.45, 7) is 0. The van der Waals surface area contributed by atoms with E-state index in [1.807, 2.05) is 0 Å². The fraction of sp³-hybridized carbons (Fsp3) is 0. The molecule has 0 aromatic carbocycles. The van der Waals surface area contributed by atoms with E-state index in [2.05, 4.69) is 0 Å². The molecule has 33 valence electrons. The third-order valence-electron chi connectivity index (χ3n) is 0. The van der Waals surface area contributed by atoms with Crippen LogP contribution in [-0.4, -0.2) is 5.48 Å². The molecule has 0 aliphatic carbocycles. The number of rotatable bonds is 0.